The standard InChI is InChI=1S/C10H15N3O/c1-7(11)9-4-2-8(3-5-9)6-13-10(12)14/h2-5,7H,6,11H2,1H3,(H3,12,13,14). The Bertz CT molecular complexity index is 306. The van der Waals surface area contributed by atoms with Crippen molar-refractivity contribution in [1.29, 1.82) is 0 Å². The number of primary amides is 1. The number of nitrogens with two attached hydrogens (primary N) is 2. The highest BCUT2D eigenvalue weighted by atomic mass is 16.2. The molecule has 0 radical (unpaired) electrons. The molecule has 2 amide bonds. The molecule has 0 aromatic heterocycles. The maximum Gasteiger partial charge on any atom is 0.312 e. The smallest absolute Gasteiger partial charge is 0.312 e. The monoisotopic (exact) mass is 193 g/mol. The zero-order chi connectivity index (χ0) is 10.6. The second kappa shape index (κ2) is 4.62. The van der Waals surface area contributed by atoms with Crippen molar-refractivity contribution in [2.75, 3.05) is 0 Å². The summed E-state index contributed by atoms with van der Waals surface area (Å²) in [4.78, 5) is 10.4. The molecule has 1 unspecified atom stereocenters. The first-order valence-corrected chi connectivity index (χ1v) is 4.47. The van der Waals surface area contributed by atoms with Crippen LogP contribution in [0.2, 0.25) is 0 Å². The van der Waals surface area contributed by atoms with E-state index in [0.29, 0.717) is 6.54 Å². The summed E-state index contributed by atoms with van der Waals surface area (Å²) < 4.78 is 0. The van der Waals surface area contributed by atoms with E-state index in [1.54, 1.807) is 0 Å². The lowest BCUT2D eigenvalue weighted by Gasteiger charge is -2.07. The fourth-order valence-electron chi connectivity index (χ4n) is 1.13. The highest BCUT2D eigenvalue weighted by molar-refractivity contribution is 5.71. The van der Waals surface area contributed by atoms with Crippen molar-refractivity contribution in [3.05, 3.63) is 35.4 Å². The topological polar surface area (TPSA) is 81.1 Å². The van der Waals surface area contributed by atoms with Crippen LogP contribution < -0.4 is 16.8 Å². The van der Waals surface area contributed by atoms with E-state index in [-0.39, 0.29) is 6.04 Å². The lowest BCUT2D eigenvalue weighted by Crippen LogP contribution is -2.28. The molecule has 0 bridgehead atoms. The molecular formula is C10H15N3O. The Hall–Kier alpha value is -1.55. The quantitative estimate of drug-likeness (QED) is 0.666. The molecule has 1 aromatic rings. The van der Waals surface area contributed by atoms with Gasteiger partial charge in [-0.1, -0.05) is 24.3 Å². The number of amides is 2. The Kier molecular flexibility index (Phi) is 3.48. The highest BCUT2D eigenvalue weighted by Gasteiger charge is 1.99. The minimum Gasteiger partial charge on any atom is -0.352 e. The maximum atomic E-state index is 10.4. The van der Waals surface area contributed by atoms with Gasteiger partial charge in [0.15, 0.2) is 0 Å². The van der Waals surface area contributed by atoms with Gasteiger partial charge in [0.05, 0.1) is 0 Å². The van der Waals surface area contributed by atoms with Gasteiger partial charge in [-0.3, -0.25) is 0 Å². The van der Waals surface area contributed by atoms with Gasteiger partial charge in [-0.05, 0) is 18.1 Å². The van der Waals surface area contributed by atoms with Crippen LogP contribution in [-0.2, 0) is 6.54 Å². The fraction of sp³-hybridized carbons (Fsp3) is 0.300. The van der Waals surface area contributed by atoms with Gasteiger partial charge in [0.1, 0.15) is 0 Å². The SMILES string of the molecule is CC(N)c1ccc(CNC(N)=O)cc1. The summed E-state index contributed by atoms with van der Waals surface area (Å²) in [6.07, 6.45) is 0. The molecule has 0 heterocycles. The highest BCUT2D eigenvalue weighted by Crippen LogP contribution is 2.10. The van der Waals surface area contributed by atoms with E-state index >= 15 is 0 Å². The van der Waals surface area contributed by atoms with Crippen LogP contribution in [-0.4, -0.2) is 6.03 Å². The van der Waals surface area contributed by atoms with Crippen molar-refractivity contribution in [1.82, 2.24) is 5.32 Å². The summed E-state index contributed by atoms with van der Waals surface area (Å²) in [6, 6.07) is 7.27. The number of nitrogens with one attached hydrogen (secondary N) is 1. The van der Waals surface area contributed by atoms with Crippen molar-refractivity contribution < 1.29 is 4.79 Å². The second-order valence-corrected chi connectivity index (χ2v) is 3.25. The van der Waals surface area contributed by atoms with E-state index in [4.69, 9.17) is 11.5 Å². The molecular weight excluding hydrogens is 178 g/mol. The van der Waals surface area contributed by atoms with Crippen LogP contribution in [0.25, 0.3) is 0 Å². The summed E-state index contributed by atoms with van der Waals surface area (Å²) in [6.45, 7) is 2.38. The Labute approximate surface area is 83.3 Å². The van der Waals surface area contributed by atoms with Gasteiger partial charge in [0.25, 0.3) is 0 Å². The molecule has 1 rings (SSSR count). The number of hydrogen-bond acceptors (Lipinski definition) is 2. The molecule has 0 spiro atoms. The van der Waals surface area contributed by atoms with E-state index in [1.807, 2.05) is 31.2 Å². The molecule has 0 saturated carbocycles. The predicted octanol–water partition coefficient (Wildman–Crippen LogP) is 0.875. The summed E-state index contributed by atoms with van der Waals surface area (Å²) in [5.74, 6) is 0. The molecule has 76 valence electrons. The lowest BCUT2D eigenvalue weighted by molar-refractivity contribution is 0.248. The van der Waals surface area contributed by atoms with Crippen molar-refractivity contribution >= 4 is 6.03 Å². The van der Waals surface area contributed by atoms with Crippen molar-refractivity contribution in [3.63, 3.8) is 0 Å². The first-order chi connectivity index (χ1) is 6.59. The molecule has 1 atom stereocenters. The zero-order valence-corrected chi connectivity index (χ0v) is 8.16. The lowest BCUT2D eigenvalue weighted by atomic mass is 10.1. The Morgan fingerprint density at radius 2 is 2.00 bits per heavy atom. The molecule has 0 aliphatic carbocycles. The van der Waals surface area contributed by atoms with Crippen LogP contribution in [0.1, 0.15) is 24.1 Å². The number of rotatable bonds is 3. The minimum atomic E-state index is -0.513. The van der Waals surface area contributed by atoms with Crippen LogP contribution in [0.4, 0.5) is 4.79 Å². The van der Waals surface area contributed by atoms with Gasteiger partial charge >= 0.3 is 6.03 Å². The largest absolute Gasteiger partial charge is 0.352 e. The summed E-state index contributed by atoms with van der Waals surface area (Å²) in [5, 5.41) is 2.52. The van der Waals surface area contributed by atoms with E-state index in [1.165, 1.54) is 0 Å². The average molecular weight is 193 g/mol. The fourth-order valence-corrected chi connectivity index (χ4v) is 1.13. The van der Waals surface area contributed by atoms with Gasteiger partial charge < -0.3 is 16.8 Å². The number of carbonyl (C=O) groups is 1. The van der Waals surface area contributed by atoms with Crippen LogP contribution >= 0.6 is 0 Å². The predicted molar refractivity (Wildman–Crippen MR) is 55.5 cm³/mol. The Morgan fingerprint density at radius 3 is 2.43 bits per heavy atom. The third-order valence-electron chi connectivity index (χ3n) is 1.97. The van der Waals surface area contributed by atoms with E-state index in [0.717, 1.165) is 11.1 Å². The molecule has 0 fully saturated rings. The third kappa shape index (κ3) is 3.06. The number of carbonyl (C=O) groups excluding carboxylic acids is 1. The number of benzene rings is 1. The molecule has 14 heavy (non-hydrogen) atoms. The normalized spacial score (nSPS) is 12.1. The van der Waals surface area contributed by atoms with Gasteiger partial charge in [-0.15, -0.1) is 0 Å². The van der Waals surface area contributed by atoms with Crippen LogP contribution in [0.5, 0.6) is 0 Å². The van der Waals surface area contributed by atoms with Gasteiger partial charge in [-0.25, -0.2) is 4.79 Å². The summed E-state index contributed by atoms with van der Waals surface area (Å²) in [7, 11) is 0. The van der Waals surface area contributed by atoms with Gasteiger partial charge in [-0.2, -0.15) is 0 Å². The van der Waals surface area contributed by atoms with Crippen LogP contribution in [0, 0.1) is 0 Å². The van der Waals surface area contributed by atoms with E-state index < -0.39 is 6.03 Å². The molecule has 0 aliphatic rings. The molecule has 0 aliphatic heterocycles. The molecule has 5 N–H and O–H groups in total. The van der Waals surface area contributed by atoms with E-state index in [2.05, 4.69) is 5.32 Å². The second-order valence-electron chi connectivity index (χ2n) is 3.25. The van der Waals surface area contributed by atoms with Crippen molar-refractivity contribution in [3.8, 4) is 0 Å². The van der Waals surface area contributed by atoms with Crippen molar-refractivity contribution in [2.24, 2.45) is 11.5 Å². The van der Waals surface area contributed by atoms with E-state index in [9.17, 15) is 4.79 Å². The molecule has 4 heteroatoms. The molecule has 4 nitrogen and oxygen atoms in total. The third-order valence-corrected chi connectivity index (χ3v) is 1.97. The number of hydrogen-bond donors (Lipinski definition) is 3. The summed E-state index contributed by atoms with van der Waals surface area (Å²) in [5.41, 5.74) is 12.7. The van der Waals surface area contributed by atoms with Gasteiger partial charge in [0, 0.05) is 12.6 Å². The zero-order valence-electron chi connectivity index (χ0n) is 8.16. The maximum absolute atomic E-state index is 10.4. The van der Waals surface area contributed by atoms with Gasteiger partial charge in [0.2, 0.25) is 0 Å². The summed E-state index contributed by atoms with van der Waals surface area (Å²) >= 11 is 0. The average Bonchev–Trinajstić information content (AvgIpc) is 2.15. The van der Waals surface area contributed by atoms with Crippen LogP contribution in [0.3, 0.4) is 0 Å². The number of urea groups is 1. The van der Waals surface area contributed by atoms with Crippen LogP contribution in [0.15, 0.2) is 24.3 Å². The Balaban J connectivity index is 2.59. The first-order valence-electron chi connectivity index (χ1n) is 4.47. The van der Waals surface area contributed by atoms with Crippen molar-refractivity contribution in [2.45, 2.75) is 19.5 Å². The molecule has 1 aromatic carbocycles. The minimum absolute atomic E-state index is 0.0353. The Morgan fingerprint density at radius 1 is 1.43 bits per heavy atom. The molecule has 0 saturated heterocycles. The first kappa shape index (κ1) is 10.5.